The molecule has 276 valence electrons. The Balaban J connectivity index is 1.23. The third-order valence-corrected chi connectivity index (χ3v) is 10.7. The number of benzene rings is 5. The molecule has 2 aliphatic heterocycles. The first kappa shape index (κ1) is 34.7. The van der Waals surface area contributed by atoms with Gasteiger partial charge in [-0.15, -0.1) is 0 Å². The molecular formula is C53H38N4O. The molecule has 5 aromatic carbocycles. The summed E-state index contributed by atoms with van der Waals surface area (Å²) in [5.41, 5.74) is 17.8. The number of nitrogens with zero attached hydrogens (tertiary/aromatic N) is 2. The van der Waals surface area contributed by atoms with Gasteiger partial charge in [0.05, 0.1) is 22.8 Å². The SMILES string of the molecule is C=Cc1ccc(COc2ccc(-c3c4nc(c(-c5ccccc5)c5ccc([nH]5)c(-c5ccccc5)c5nc(c(-c6ccccc6)c6ccc3[nH]6)C=C5)C=C4)cc2)cc1. The molecule has 0 spiro atoms. The molecule has 2 N–H and O–H groups in total. The summed E-state index contributed by atoms with van der Waals surface area (Å²) in [6.45, 7) is 4.33. The van der Waals surface area contributed by atoms with Crippen LogP contribution in [0.1, 0.15) is 33.9 Å². The quantitative estimate of drug-likeness (QED) is 0.163. The number of fused-ring (bicyclic) bond motifs is 8. The Morgan fingerprint density at radius 1 is 0.414 bits per heavy atom. The Morgan fingerprint density at radius 3 is 1.14 bits per heavy atom. The molecule has 5 heterocycles. The molecule has 0 amide bonds. The zero-order valence-corrected chi connectivity index (χ0v) is 31.7. The zero-order chi connectivity index (χ0) is 38.8. The van der Waals surface area contributed by atoms with E-state index in [4.69, 9.17) is 14.7 Å². The van der Waals surface area contributed by atoms with Gasteiger partial charge in [0.25, 0.3) is 0 Å². The summed E-state index contributed by atoms with van der Waals surface area (Å²) in [5, 5.41) is 0. The van der Waals surface area contributed by atoms with Crippen molar-refractivity contribution in [3.8, 4) is 50.3 Å². The fraction of sp³-hybridized carbons (Fsp3) is 0.0189. The average Bonchev–Trinajstić information content (AvgIpc) is 4.13. The number of rotatable bonds is 8. The van der Waals surface area contributed by atoms with Gasteiger partial charge in [0, 0.05) is 44.3 Å². The van der Waals surface area contributed by atoms with Crippen molar-refractivity contribution in [1.82, 2.24) is 19.9 Å². The second-order valence-electron chi connectivity index (χ2n) is 14.4. The molecule has 8 aromatic rings. The highest BCUT2D eigenvalue weighted by molar-refractivity contribution is 5.99. The lowest BCUT2D eigenvalue weighted by Crippen LogP contribution is -1.95. The van der Waals surface area contributed by atoms with Crippen LogP contribution in [-0.2, 0) is 6.61 Å². The Morgan fingerprint density at radius 2 is 0.776 bits per heavy atom. The van der Waals surface area contributed by atoms with Crippen LogP contribution in [0.25, 0.3) is 97.0 Å². The summed E-state index contributed by atoms with van der Waals surface area (Å²) >= 11 is 0. The molecule has 5 nitrogen and oxygen atoms in total. The number of ether oxygens (including phenoxy) is 1. The Labute approximate surface area is 337 Å². The van der Waals surface area contributed by atoms with Crippen LogP contribution in [0.3, 0.4) is 0 Å². The minimum Gasteiger partial charge on any atom is -0.489 e. The largest absolute Gasteiger partial charge is 0.489 e. The molecule has 0 saturated heterocycles. The van der Waals surface area contributed by atoms with E-state index >= 15 is 0 Å². The lowest BCUT2D eigenvalue weighted by Gasteiger charge is -2.09. The predicted molar refractivity (Wildman–Crippen MR) is 241 cm³/mol. The highest BCUT2D eigenvalue weighted by Crippen LogP contribution is 2.38. The van der Waals surface area contributed by atoms with E-state index in [0.717, 1.165) is 106 Å². The van der Waals surface area contributed by atoms with Crippen molar-refractivity contribution in [1.29, 1.82) is 0 Å². The Bertz CT molecular complexity index is 2990. The van der Waals surface area contributed by atoms with Gasteiger partial charge in [0.1, 0.15) is 12.4 Å². The van der Waals surface area contributed by atoms with Crippen LogP contribution in [-0.4, -0.2) is 19.9 Å². The van der Waals surface area contributed by atoms with Crippen LogP contribution in [0.4, 0.5) is 0 Å². The predicted octanol–water partition coefficient (Wildman–Crippen LogP) is 13.5. The molecule has 0 aliphatic carbocycles. The van der Waals surface area contributed by atoms with E-state index in [1.807, 2.05) is 36.4 Å². The van der Waals surface area contributed by atoms with Crippen LogP contribution >= 0.6 is 0 Å². The molecule has 0 radical (unpaired) electrons. The number of aromatic nitrogens is 4. The van der Waals surface area contributed by atoms with Crippen LogP contribution in [0.15, 0.2) is 170 Å². The highest BCUT2D eigenvalue weighted by atomic mass is 16.5. The molecule has 0 unspecified atom stereocenters. The molecule has 0 fully saturated rings. The first-order valence-electron chi connectivity index (χ1n) is 19.5. The first-order chi connectivity index (χ1) is 28.7. The van der Waals surface area contributed by atoms with Crippen molar-refractivity contribution in [2.45, 2.75) is 6.61 Å². The van der Waals surface area contributed by atoms with Gasteiger partial charge in [-0.1, -0.05) is 140 Å². The summed E-state index contributed by atoms with van der Waals surface area (Å²) in [6.07, 6.45) is 10.4. The van der Waals surface area contributed by atoms with Crippen molar-refractivity contribution in [2.24, 2.45) is 0 Å². The van der Waals surface area contributed by atoms with Crippen LogP contribution in [0, 0.1) is 0 Å². The molecule has 5 heteroatoms. The number of H-pyrrole nitrogens is 2. The maximum absolute atomic E-state index is 6.24. The van der Waals surface area contributed by atoms with Gasteiger partial charge in [-0.3, -0.25) is 0 Å². The number of nitrogens with one attached hydrogen (secondary N) is 2. The fourth-order valence-corrected chi connectivity index (χ4v) is 7.87. The Kier molecular flexibility index (Phi) is 9.01. The maximum atomic E-state index is 6.24. The zero-order valence-electron chi connectivity index (χ0n) is 31.7. The fourth-order valence-electron chi connectivity index (χ4n) is 7.87. The van der Waals surface area contributed by atoms with E-state index in [1.54, 1.807) is 0 Å². The first-order valence-corrected chi connectivity index (χ1v) is 19.5. The minimum atomic E-state index is 0.472. The molecule has 8 bridgehead atoms. The van der Waals surface area contributed by atoms with E-state index in [9.17, 15) is 0 Å². The second kappa shape index (κ2) is 15.1. The topological polar surface area (TPSA) is 66.6 Å². The van der Waals surface area contributed by atoms with Crippen molar-refractivity contribution in [3.63, 3.8) is 0 Å². The molecule has 2 aliphatic rings. The third-order valence-electron chi connectivity index (χ3n) is 10.7. The summed E-state index contributed by atoms with van der Waals surface area (Å²) in [4.78, 5) is 18.5. The maximum Gasteiger partial charge on any atom is 0.119 e. The van der Waals surface area contributed by atoms with Gasteiger partial charge < -0.3 is 14.7 Å². The number of aromatic amines is 2. The molecule has 0 atom stereocenters. The van der Waals surface area contributed by atoms with E-state index in [-0.39, 0.29) is 0 Å². The summed E-state index contributed by atoms with van der Waals surface area (Å²) < 4.78 is 6.24. The van der Waals surface area contributed by atoms with Gasteiger partial charge >= 0.3 is 0 Å². The second-order valence-corrected chi connectivity index (χ2v) is 14.4. The molecule has 10 rings (SSSR count). The molecule has 0 saturated carbocycles. The highest BCUT2D eigenvalue weighted by Gasteiger charge is 2.19. The smallest absolute Gasteiger partial charge is 0.119 e. The molecule has 58 heavy (non-hydrogen) atoms. The van der Waals surface area contributed by atoms with E-state index in [2.05, 4.69) is 174 Å². The minimum absolute atomic E-state index is 0.472. The number of hydrogen-bond donors (Lipinski definition) is 2. The molecular weight excluding hydrogens is 709 g/mol. The van der Waals surface area contributed by atoms with E-state index in [0.29, 0.717) is 6.61 Å². The molecule has 3 aromatic heterocycles. The van der Waals surface area contributed by atoms with Crippen LogP contribution in [0.5, 0.6) is 5.75 Å². The summed E-state index contributed by atoms with van der Waals surface area (Å²) in [5.74, 6) is 0.792. The standard InChI is InChI=1S/C53H38N4O/c1-2-35-18-20-36(21-19-35)34-58-41-24-22-40(23-25-41)53-48-32-30-46(56-48)51(38-14-8-4-9-15-38)44-28-26-42(54-44)50(37-12-6-3-7-13-37)43-27-29-45(55-43)52(39-16-10-5-11-17-39)47-31-33-49(53)57-47/h2-33,54,57H,1,34H2. The van der Waals surface area contributed by atoms with E-state index < -0.39 is 0 Å². The normalized spacial score (nSPS) is 11.8. The Hall–Kier alpha value is -7.76. The monoisotopic (exact) mass is 746 g/mol. The van der Waals surface area contributed by atoms with Crippen molar-refractivity contribution < 1.29 is 4.74 Å². The summed E-state index contributed by atoms with van der Waals surface area (Å²) in [6, 6.07) is 56.6. The lowest BCUT2D eigenvalue weighted by atomic mass is 10.0. The van der Waals surface area contributed by atoms with Gasteiger partial charge in [-0.2, -0.15) is 0 Å². The van der Waals surface area contributed by atoms with Crippen molar-refractivity contribution in [2.75, 3.05) is 0 Å². The van der Waals surface area contributed by atoms with Crippen LogP contribution < -0.4 is 4.74 Å². The number of hydrogen-bond acceptors (Lipinski definition) is 3. The van der Waals surface area contributed by atoms with Crippen molar-refractivity contribution >= 4 is 52.4 Å². The van der Waals surface area contributed by atoms with Gasteiger partial charge in [0.2, 0.25) is 0 Å². The van der Waals surface area contributed by atoms with Crippen molar-refractivity contribution in [3.05, 3.63) is 204 Å². The van der Waals surface area contributed by atoms with Crippen LogP contribution in [0.2, 0.25) is 0 Å². The lowest BCUT2D eigenvalue weighted by molar-refractivity contribution is 0.306. The third kappa shape index (κ3) is 6.65. The van der Waals surface area contributed by atoms with E-state index in [1.165, 1.54) is 0 Å². The average molecular weight is 747 g/mol. The van der Waals surface area contributed by atoms with Gasteiger partial charge in [0.15, 0.2) is 0 Å². The van der Waals surface area contributed by atoms with Gasteiger partial charge in [-0.25, -0.2) is 9.97 Å². The summed E-state index contributed by atoms with van der Waals surface area (Å²) in [7, 11) is 0. The van der Waals surface area contributed by atoms with Gasteiger partial charge in [-0.05, 0) is 94.1 Å².